The standard InChI is InChI=1S/C15H13Cl2NO3/c16-11-5-10(6-12(17)7-11)14(20)15(21)18-8-9-2-1-3-13(19)4-9/h1-7,14,19-20H,8H2,(H,18,21)/t14-/m0/s1. The van der Waals surface area contributed by atoms with E-state index in [0.29, 0.717) is 15.6 Å². The van der Waals surface area contributed by atoms with Crippen LogP contribution in [0, 0.1) is 0 Å². The molecule has 0 spiro atoms. The monoisotopic (exact) mass is 325 g/mol. The van der Waals surface area contributed by atoms with Crippen LogP contribution in [0.15, 0.2) is 42.5 Å². The first-order chi connectivity index (χ1) is 9.95. The Morgan fingerprint density at radius 1 is 1.14 bits per heavy atom. The molecule has 0 aliphatic carbocycles. The van der Waals surface area contributed by atoms with Crippen molar-refractivity contribution in [2.75, 3.05) is 0 Å². The minimum Gasteiger partial charge on any atom is -0.508 e. The minimum atomic E-state index is -1.36. The van der Waals surface area contributed by atoms with Crippen molar-refractivity contribution in [2.24, 2.45) is 0 Å². The summed E-state index contributed by atoms with van der Waals surface area (Å²) in [4.78, 5) is 11.9. The number of rotatable bonds is 4. The lowest BCUT2D eigenvalue weighted by Gasteiger charge is -2.12. The zero-order valence-electron chi connectivity index (χ0n) is 10.9. The Morgan fingerprint density at radius 2 is 1.81 bits per heavy atom. The number of benzene rings is 2. The highest BCUT2D eigenvalue weighted by Crippen LogP contribution is 2.23. The van der Waals surface area contributed by atoms with Crippen molar-refractivity contribution in [2.45, 2.75) is 12.6 Å². The number of aromatic hydroxyl groups is 1. The highest BCUT2D eigenvalue weighted by Gasteiger charge is 2.18. The lowest BCUT2D eigenvalue weighted by molar-refractivity contribution is -0.129. The normalized spacial score (nSPS) is 12.0. The molecule has 0 aliphatic rings. The van der Waals surface area contributed by atoms with E-state index >= 15 is 0 Å². The first-order valence-corrected chi connectivity index (χ1v) is 6.91. The maximum atomic E-state index is 11.9. The van der Waals surface area contributed by atoms with E-state index in [1.54, 1.807) is 12.1 Å². The van der Waals surface area contributed by atoms with Crippen LogP contribution in [-0.4, -0.2) is 16.1 Å². The Morgan fingerprint density at radius 3 is 2.43 bits per heavy atom. The van der Waals surface area contributed by atoms with Gasteiger partial charge in [-0.2, -0.15) is 0 Å². The van der Waals surface area contributed by atoms with Gasteiger partial charge in [-0.1, -0.05) is 35.3 Å². The highest BCUT2D eigenvalue weighted by atomic mass is 35.5. The van der Waals surface area contributed by atoms with Crippen LogP contribution in [0.4, 0.5) is 0 Å². The molecule has 110 valence electrons. The Labute approximate surface area is 131 Å². The van der Waals surface area contributed by atoms with Gasteiger partial charge in [0.1, 0.15) is 5.75 Å². The molecule has 3 N–H and O–H groups in total. The summed E-state index contributed by atoms with van der Waals surface area (Å²) in [5.41, 5.74) is 1.04. The Bertz CT molecular complexity index is 641. The van der Waals surface area contributed by atoms with Gasteiger partial charge in [0.05, 0.1) is 0 Å². The molecule has 6 heteroatoms. The number of aliphatic hydroxyl groups is 1. The SMILES string of the molecule is O=C(NCc1cccc(O)c1)[C@@H](O)c1cc(Cl)cc(Cl)c1. The summed E-state index contributed by atoms with van der Waals surface area (Å²) in [6.45, 7) is 0.193. The largest absolute Gasteiger partial charge is 0.508 e. The van der Waals surface area contributed by atoms with E-state index in [2.05, 4.69) is 5.32 Å². The third kappa shape index (κ3) is 4.36. The van der Waals surface area contributed by atoms with Crippen LogP contribution >= 0.6 is 23.2 Å². The number of phenolic OH excluding ortho intramolecular Hbond substituents is 1. The van der Waals surface area contributed by atoms with Gasteiger partial charge in [0, 0.05) is 16.6 Å². The van der Waals surface area contributed by atoms with E-state index in [9.17, 15) is 15.0 Å². The molecule has 0 heterocycles. The van der Waals surface area contributed by atoms with Gasteiger partial charge in [-0.25, -0.2) is 0 Å². The van der Waals surface area contributed by atoms with Gasteiger partial charge in [0.15, 0.2) is 6.10 Å². The fourth-order valence-electron chi connectivity index (χ4n) is 1.84. The average Bonchev–Trinajstić information content (AvgIpc) is 2.43. The third-order valence-electron chi connectivity index (χ3n) is 2.83. The molecule has 0 fully saturated rings. The Kier molecular flexibility index (Phi) is 5.07. The van der Waals surface area contributed by atoms with Crippen molar-refractivity contribution in [1.29, 1.82) is 0 Å². The van der Waals surface area contributed by atoms with Gasteiger partial charge >= 0.3 is 0 Å². The number of hydrogen-bond donors (Lipinski definition) is 3. The average molecular weight is 326 g/mol. The smallest absolute Gasteiger partial charge is 0.253 e. The molecule has 0 unspecified atom stereocenters. The second-order valence-corrected chi connectivity index (χ2v) is 5.37. The number of hydrogen-bond acceptors (Lipinski definition) is 3. The molecule has 0 saturated heterocycles. The van der Waals surface area contributed by atoms with E-state index in [1.165, 1.54) is 30.3 Å². The molecule has 0 aromatic heterocycles. The summed E-state index contributed by atoms with van der Waals surface area (Å²) in [7, 11) is 0. The number of aliphatic hydroxyl groups excluding tert-OH is 1. The van der Waals surface area contributed by atoms with Gasteiger partial charge in [-0.15, -0.1) is 0 Å². The van der Waals surface area contributed by atoms with Crippen LogP contribution < -0.4 is 5.32 Å². The molecular formula is C15H13Cl2NO3. The number of nitrogens with one attached hydrogen (secondary N) is 1. The number of amides is 1. The first-order valence-electron chi connectivity index (χ1n) is 6.15. The predicted octanol–water partition coefficient (Wildman–Crippen LogP) is 3.05. The number of halogens is 2. The predicted molar refractivity (Wildman–Crippen MR) is 81.4 cm³/mol. The molecule has 2 aromatic carbocycles. The third-order valence-corrected chi connectivity index (χ3v) is 3.26. The highest BCUT2D eigenvalue weighted by molar-refractivity contribution is 6.34. The number of carbonyl (C=O) groups is 1. The van der Waals surface area contributed by atoms with Crippen molar-refractivity contribution < 1.29 is 15.0 Å². The second-order valence-electron chi connectivity index (χ2n) is 4.49. The van der Waals surface area contributed by atoms with E-state index in [0.717, 1.165) is 5.56 Å². The summed E-state index contributed by atoms with van der Waals surface area (Å²) in [6.07, 6.45) is -1.36. The van der Waals surface area contributed by atoms with Gasteiger partial charge in [-0.05, 0) is 41.5 Å². The van der Waals surface area contributed by atoms with Crippen LogP contribution in [0.1, 0.15) is 17.2 Å². The van der Waals surface area contributed by atoms with Gasteiger partial charge in [0.25, 0.3) is 5.91 Å². The fourth-order valence-corrected chi connectivity index (χ4v) is 2.38. The minimum absolute atomic E-state index is 0.115. The summed E-state index contributed by atoms with van der Waals surface area (Å²) in [5.74, 6) is -0.458. The lowest BCUT2D eigenvalue weighted by Crippen LogP contribution is -2.28. The molecule has 2 rings (SSSR count). The molecule has 21 heavy (non-hydrogen) atoms. The zero-order valence-corrected chi connectivity index (χ0v) is 12.4. The van der Waals surface area contributed by atoms with Crippen molar-refractivity contribution in [3.05, 3.63) is 63.6 Å². The first kappa shape index (κ1) is 15.6. The molecule has 0 saturated carbocycles. The maximum absolute atomic E-state index is 11.9. The van der Waals surface area contributed by atoms with E-state index < -0.39 is 12.0 Å². The van der Waals surface area contributed by atoms with E-state index in [1.807, 2.05) is 0 Å². The molecular weight excluding hydrogens is 313 g/mol. The van der Waals surface area contributed by atoms with E-state index in [4.69, 9.17) is 23.2 Å². The second kappa shape index (κ2) is 6.80. The summed E-state index contributed by atoms with van der Waals surface area (Å²) in [5, 5.41) is 22.6. The zero-order chi connectivity index (χ0) is 15.4. The summed E-state index contributed by atoms with van der Waals surface area (Å²) in [6, 6.07) is 11.0. The molecule has 4 nitrogen and oxygen atoms in total. The van der Waals surface area contributed by atoms with Crippen molar-refractivity contribution in [3.8, 4) is 5.75 Å². The van der Waals surface area contributed by atoms with Crippen LogP contribution in [0.25, 0.3) is 0 Å². The van der Waals surface area contributed by atoms with Crippen LogP contribution in [0.5, 0.6) is 5.75 Å². The fraction of sp³-hybridized carbons (Fsp3) is 0.133. The molecule has 2 aromatic rings. The maximum Gasteiger partial charge on any atom is 0.253 e. The van der Waals surface area contributed by atoms with Gasteiger partial charge < -0.3 is 15.5 Å². The van der Waals surface area contributed by atoms with Crippen LogP contribution in [0.2, 0.25) is 10.0 Å². The molecule has 1 amide bonds. The van der Waals surface area contributed by atoms with E-state index in [-0.39, 0.29) is 12.3 Å². The Hall–Kier alpha value is -1.75. The lowest BCUT2D eigenvalue weighted by atomic mass is 10.1. The van der Waals surface area contributed by atoms with Gasteiger partial charge in [-0.3, -0.25) is 4.79 Å². The molecule has 0 radical (unpaired) electrons. The van der Waals surface area contributed by atoms with Crippen LogP contribution in [-0.2, 0) is 11.3 Å². The molecule has 0 bridgehead atoms. The number of phenols is 1. The topological polar surface area (TPSA) is 69.6 Å². The van der Waals surface area contributed by atoms with Crippen molar-refractivity contribution in [3.63, 3.8) is 0 Å². The van der Waals surface area contributed by atoms with Crippen molar-refractivity contribution >= 4 is 29.1 Å². The van der Waals surface area contributed by atoms with Gasteiger partial charge in [0.2, 0.25) is 0 Å². The van der Waals surface area contributed by atoms with Crippen LogP contribution in [0.3, 0.4) is 0 Å². The van der Waals surface area contributed by atoms with Crippen molar-refractivity contribution in [1.82, 2.24) is 5.32 Å². The quantitative estimate of drug-likeness (QED) is 0.809. The number of carbonyl (C=O) groups excluding carboxylic acids is 1. The molecule has 0 aliphatic heterocycles. The summed E-state index contributed by atoms with van der Waals surface area (Å²) < 4.78 is 0. The Balaban J connectivity index is 2.02. The molecule has 1 atom stereocenters. The summed E-state index contributed by atoms with van der Waals surface area (Å²) >= 11 is 11.7.